The van der Waals surface area contributed by atoms with Gasteiger partial charge in [-0.3, -0.25) is 14.7 Å². The number of carbonyl (C=O) groups excluding carboxylic acids is 2. The summed E-state index contributed by atoms with van der Waals surface area (Å²) in [6.07, 6.45) is 0.864. The molecule has 1 aliphatic heterocycles. The third-order valence-corrected chi connectivity index (χ3v) is 3.19. The minimum absolute atomic E-state index is 0.483. The summed E-state index contributed by atoms with van der Waals surface area (Å²) in [5.41, 5.74) is 2.01. The van der Waals surface area contributed by atoms with E-state index < -0.39 is 11.8 Å². The topological polar surface area (TPSA) is 90.1 Å². The van der Waals surface area contributed by atoms with Crippen molar-refractivity contribution in [3.8, 4) is 0 Å². The molecule has 7 heteroatoms. The standard InChI is InChI=1S/C12H19N5O2/c1-8-10(9(2)16-15-8)14-11(18)12(19)17-6-3-4-13-5-7-17/h13H,3-7H2,1-2H3,(H,14,18)(H,15,16). The Bertz CT molecular complexity index is 455. The maximum absolute atomic E-state index is 12.1. The van der Waals surface area contributed by atoms with Crippen molar-refractivity contribution in [3.63, 3.8) is 0 Å². The zero-order valence-electron chi connectivity index (χ0n) is 11.2. The summed E-state index contributed by atoms with van der Waals surface area (Å²) >= 11 is 0. The van der Waals surface area contributed by atoms with Crippen LogP contribution >= 0.6 is 0 Å². The third-order valence-electron chi connectivity index (χ3n) is 3.19. The van der Waals surface area contributed by atoms with Gasteiger partial charge in [-0.25, -0.2) is 0 Å². The second-order valence-electron chi connectivity index (χ2n) is 4.66. The molecule has 0 spiro atoms. The molecule has 2 heterocycles. The number of rotatable bonds is 1. The van der Waals surface area contributed by atoms with Crippen LogP contribution in [-0.4, -0.2) is 53.1 Å². The number of carbonyl (C=O) groups is 2. The van der Waals surface area contributed by atoms with Crippen molar-refractivity contribution >= 4 is 17.5 Å². The summed E-state index contributed by atoms with van der Waals surface area (Å²) in [4.78, 5) is 25.6. The number of aromatic nitrogens is 2. The van der Waals surface area contributed by atoms with Crippen LogP contribution in [0, 0.1) is 13.8 Å². The second kappa shape index (κ2) is 5.83. The maximum atomic E-state index is 12.1. The summed E-state index contributed by atoms with van der Waals surface area (Å²) in [6, 6.07) is 0. The van der Waals surface area contributed by atoms with Gasteiger partial charge in [-0.15, -0.1) is 0 Å². The van der Waals surface area contributed by atoms with Crippen LogP contribution in [0.1, 0.15) is 17.8 Å². The van der Waals surface area contributed by atoms with Gasteiger partial charge >= 0.3 is 11.8 Å². The molecule has 1 saturated heterocycles. The first-order valence-electron chi connectivity index (χ1n) is 6.42. The molecule has 2 rings (SSSR count). The van der Waals surface area contributed by atoms with Gasteiger partial charge in [-0.05, 0) is 26.8 Å². The lowest BCUT2D eigenvalue weighted by Crippen LogP contribution is -2.41. The van der Waals surface area contributed by atoms with Crippen LogP contribution in [0.15, 0.2) is 0 Å². The van der Waals surface area contributed by atoms with E-state index in [1.54, 1.807) is 18.7 Å². The number of H-pyrrole nitrogens is 1. The zero-order chi connectivity index (χ0) is 13.8. The molecule has 2 amide bonds. The van der Waals surface area contributed by atoms with Gasteiger partial charge < -0.3 is 15.5 Å². The first-order chi connectivity index (χ1) is 9.09. The predicted octanol–water partition coefficient (Wildman–Crippen LogP) is -0.213. The Labute approximate surface area is 111 Å². The van der Waals surface area contributed by atoms with Gasteiger partial charge in [0.25, 0.3) is 0 Å². The molecule has 0 radical (unpaired) electrons. The smallest absolute Gasteiger partial charge is 0.314 e. The minimum Gasteiger partial charge on any atom is -0.333 e. The highest BCUT2D eigenvalue weighted by molar-refractivity contribution is 6.39. The van der Waals surface area contributed by atoms with Crippen molar-refractivity contribution in [2.75, 3.05) is 31.5 Å². The quantitative estimate of drug-likeness (QED) is 0.613. The highest BCUT2D eigenvalue weighted by atomic mass is 16.2. The second-order valence-corrected chi connectivity index (χ2v) is 4.66. The van der Waals surface area contributed by atoms with Gasteiger partial charge in [0.05, 0.1) is 17.1 Å². The fraction of sp³-hybridized carbons (Fsp3) is 0.583. The lowest BCUT2D eigenvalue weighted by molar-refractivity contribution is -0.143. The molecule has 0 aromatic carbocycles. The Balaban J connectivity index is 2.01. The lowest BCUT2D eigenvalue weighted by Gasteiger charge is -2.19. The Morgan fingerprint density at radius 3 is 2.74 bits per heavy atom. The van der Waals surface area contributed by atoms with E-state index in [1.165, 1.54) is 0 Å². The van der Waals surface area contributed by atoms with Gasteiger partial charge in [0, 0.05) is 19.6 Å². The van der Waals surface area contributed by atoms with Crippen LogP contribution in [-0.2, 0) is 9.59 Å². The molecule has 7 nitrogen and oxygen atoms in total. The molecule has 1 aliphatic rings. The summed E-state index contributed by atoms with van der Waals surface area (Å²) in [5, 5.41) is 12.6. The highest BCUT2D eigenvalue weighted by Gasteiger charge is 2.23. The van der Waals surface area contributed by atoms with E-state index in [-0.39, 0.29) is 0 Å². The van der Waals surface area contributed by atoms with E-state index in [1.807, 2.05) is 0 Å². The van der Waals surface area contributed by atoms with Crippen molar-refractivity contribution in [1.29, 1.82) is 0 Å². The predicted molar refractivity (Wildman–Crippen MR) is 70.8 cm³/mol. The minimum atomic E-state index is -0.602. The number of amides is 2. The third kappa shape index (κ3) is 3.11. The molecular formula is C12H19N5O2. The van der Waals surface area contributed by atoms with Gasteiger partial charge in [-0.2, -0.15) is 5.10 Å². The van der Waals surface area contributed by atoms with Crippen molar-refractivity contribution in [2.24, 2.45) is 0 Å². The Kier molecular flexibility index (Phi) is 4.16. The van der Waals surface area contributed by atoms with Gasteiger partial charge in [-0.1, -0.05) is 0 Å². The van der Waals surface area contributed by atoms with Crippen LogP contribution < -0.4 is 10.6 Å². The van der Waals surface area contributed by atoms with Crippen LogP contribution in [0.25, 0.3) is 0 Å². The molecule has 0 unspecified atom stereocenters. The number of hydrogen-bond donors (Lipinski definition) is 3. The molecule has 0 aliphatic carbocycles. The average Bonchev–Trinajstić information content (AvgIpc) is 2.65. The Morgan fingerprint density at radius 1 is 1.26 bits per heavy atom. The van der Waals surface area contributed by atoms with E-state index in [0.29, 0.717) is 24.5 Å². The van der Waals surface area contributed by atoms with Crippen LogP contribution in [0.3, 0.4) is 0 Å². The normalized spacial score (nSPS) is 16.0. The number of aromatic amines is 1. The SMILES string of the molecule is Cc1n[nH]c(C)c1NC(=O)C(=O)N1CCCNCC1. The number of nitrogens with zero attached hydrogens (tertiary/aromatic N) is 2. The summed E-state index contributed by atoms with van der Waals surface area (Å²) < 4.78 is 0. The van der Waals surface area contributed by atoms with Crippen LogP contribution in [0.5, 0.6) is 0 Å². The summed E-state index contributed by atoms with van der Waals surface area (Å²) in [5.74, 6) is -1.08. The van der Waals surface area contributed by atoms with E-state index >= 15 is 0 Å². The molecule has 1 fully saturated rings. The first-order valence-corrected chi connectivity index (χ1v) is 6.42. The van der Waals surface area contributed by atoms with E-state index in [4.69, 9.17) is 0 Å². The number of hydrogen-bond acceptors (Lipinski definition) is 4. The first kappa shape index (κ1) is 13.5. The lowest BCUT2D eigenvalue weighted by atomic mass is 10.3. The molecule has 0 saturated carbocycles. The maximum Gasteiger partial charge on any atom is 0.314 e. The number of aryl methyl sites for hydroxylation is 2. The molecule has 19 heavy (non-hydrogen) atoms. The molecule has 1 aromatic heterocycles. The van der Waals surface area contributed by atoms with E-state index in [9.17, 15) is 9.59 Å². The zero-order valence-corrected chi connectivity index (χ0v) is 11.2. The van der Waals surface area contributed by atoms with Gasteiger partial charge in [0.2, 0.25) is 0 Å². The van der Waals surface area contributed by atoms with E-state index in [2.05, 4.69) is 20.8 Å². The van der Waals surface area contributed by atoms with Gasteiger partial charge in [0.15, 0.2) is 0 Å². The average molecular weight is 265 g/mol. The van der Waals surface area contributed by atoms with Crippen LogP contribution in [0.2, 0.25) is 0 Å². The Hall–Kier alpha value is -1.89. The van der Waals surface area contributed by atoms with Crippen molar-refractivity contribution in [1.82, 2.24) is 20.4 Å². The Morgan fingerprint density at radius 2 is 2.05 bits per heavy atom. The van der Waals surface area contributed by atoms with Crippen molar-refractivity contribution < 1.29 is 9.59 Å². The largest absolute Gasteiger partial charge is 0.333 e. The van der Waals surface area contributed by atoms with Crippen molar-refractivity contribution in [3.05, 3.63) is 11.4 Å². The van der Waals surface area contributed by atoms with Gasteiger partial charge in [0.1, 0.15) is 0 Å². The highest BCUT2D eigenvalue weighted by Crippen LogP contribution is 2.16. The number of nitrogens with one attached hydrogen (secondary N) is 3. The molecule has 1 aromatic rings. The fourth-order valence-electron chi connectivity index (χ4n) is 2.09. The molecule has 104 valence electrons. The molecule has 3 N–H and O–H groups in total. The monoisotopic (exact) mass is 265 g/mol. The van der Waals surface area contributed by atoms with Crippen molar-refractivity contribution in [2.45, 2.75) is 20.3 Å². The van der Waals surface area contributed by atoms with Crippen LogP contribution in [0.4, 0.5) is 5.69 Å². The summed E-state index contributed by atoms with van der Waals surface area (Å²) in [7, 11) is 0. The summed E-state index contributed by atoms with van der Waals surface area (Å²) in [6.45, 7) is 6.36. The number of anilines is 1. The molecule has 0 bridgehead atoms. The van der Waals surface area contributed by atoms with E-state index in [0.717, 1.165) is 25.2 Å². The molecular weight excluding hydrogens is 246 g/mol. The fourth-order valence-corrected chi connectivity index (χ4v) is 2.09. The molecule has 0 atom stereocenters.